The highest BCUT2D eigenvalue weighted by atomic mass is 15.0. The van der Waals surface area contributed by atoms with Gasteiger partial charge in [0.25, 0.3) is 0 Å². The van der Waals surface area contributed by atoms with Crippen LogP contribution in [0.3, 0.4) is 0 Å². The molecule has 1 aliphatic carbocycles. The summed E-state index contributed by atoms with van der Waals surface area (Å²) in [5.41, 5.74) is 0. The maximum atomic E-state index is 3.43. The van der Waals surface area contributed by atoms with E-state index in [4.69, 9.17) is 0 Å². The van der Waals surface area contributed by atoms with Crippen LogP contribution in [-0.4, -0.2) is 6.04 Å². The Bertz CT molecular complexity index is 88.7. The lowest BCUT2D eigenvalue weighted by molar-refractivity contribution is 0.326. The number of hydrogen-bond donors (Lipinski definition) is 1. The fraction of sp³-hybridized carbons (Fsp3) is 0.875. The fourth-order valence-corrected chi connectivity index (χ4v) is 2.08. The molecule has 1 heterocycles. The van der Waals surface area contributed by atoms with E-state index < -0.39 is 0 Å². The highest BCUT2D eigenvalue weighted by molar-refractivity contribution is 4.92. The summed E-state index contributed by atoms with van der Waals surface area (Å²) in [4.78, 5) is 0. The van der Waals surface area contributed by atoms with Gasteiger partial charge in [-0.05, 0) is 25.2 Å². The second kappa shape index (κ2) is 2.30. The van der Waals surface area contributed by atoms with E-state index in [1.165, 1.54) is 32.1 Å². The Morgan fingerprint density at radius 1 is 1.22 bits per heavy atom. The summed E-state index contributed by atoms with van der Waals surface area (Å²) in [5.74, 6) is 0.999. The first-order valence-corrected chi connectivity index (χ1v) is 4.04. The van der Waals surface area contributed by atoms with Crippen molar-refractivity contribution in [3.63, 3.8) is 0 Å². The Balaban J connectivity index is 1.97. The molecule has 0 bridgehead atoms. The molecule has 0 aromatic heterocycles. The molecule has 2 atom stereocenters. The number of nitrogens with one attached hydrogen (secondary N) is 1. The van der Waals surface area contributed by atoms with Crippen LogP contribution in [0.2, 0.25) is 0 Å². The summed E-state index contributed by atoms with van der Waals surface area (Å²) < 4.78 is 0. The monoisotopic (exact) mass is 124 g/mol. The quantitative estimate of drug-likeness (QED) is 0.518. The van der Waals surface area contributed by atoms with Gasteiger partial charge in [-0.3, -0.25) is 0 Å². The van der Waals surface area contributed by atoms with Gasteiger partial charge < -0.3 is 5.32 Å². The van der Waals surface area contributed by atoms with Gasteiger partial charge in [0.05, 0.1) is 0 Å². The van der Waals surface area contributed by atoms with Gasteiger partial charge >= 0.3 is 0 Å². The Morgan fingerprint density at radius 2 is 2.11 bits per heavy atom. The van der Waals surface area contributed by atoms with Crippen molar-refractivity contribution >= 4 is 0 Å². The van der Waals surface area contributed by atoms with Crippen LogP contribution in [0.25, 0.3) is 0 Å². The van der Waals surface area contributed by atoms with E-state index >= 15 is 0 Å². The van der Waals surface area contributed by atoms with Crippen LogP contribution < -0.4 is 5.32 Å². The Morgan fingerprint density at radius 3 is 3.00 bits per heavy atom. The highest BCUT2D eigenvalue weighted by Crippen LogP contribution is 2.31. The lowest BCUT2D eigenvalue weighted by Crippen LogP contribution is -2.28. The zero-order chi connectivity index (χ0) is 6.10. The van der Waals surface area contributed by atoms with Crippen LogP contribution in [0.4, 0.5) is 0 Å². The van der Waals surface area contributed by atoms with Crippen LogP contribution in [0.15, 0.2) is 0 Å². The zero-order valence-electron chi connectivity index (χ0n) is 5.77. The molecule has 1 aliphatic heterocycles. The molecular weight excluding hydrogens is 110 g/mol. The third-order valence-electron chi connectivity index (χ3n) is 2.66. The van der Waals surface area contributed by atoms with Crippen LogP contribution >= 0.6 is 0 Å². The highest BCUT2D eigenvalue weighted by Gasteiger charge is 2.28. The molecule has 9 heavy (non-hydrogen) atoms. The first kappa shape index (κ1) is 5.72. The first-order valence-electron chi connectivity index (χ1n) is 4.04. The Kier molecular flexibility index (Phi) is 1.46. The predicted molar refractivity (Wildman–Crippen MR) is 37.8 cm³/mol. The van der Waals surface area contributed by atoms with Crippen molar-refractivity contribution < 1.29 is 0 Å². The molecule has 51 valence electrons. The first-order chi connectivity index (χ1) is 4.47. The van der Waals surface area contributed by atoms with Gasteiger partial charge in [0.15, 0.2) is 0 Å². The van der Waals surface area contributed by atoms with Crippen LogP contribution in [0.1, 0.15) is 32.1 Å². The molecule has 1 N–H and O–H groups in total. The van der Waals surface area contributed by atoms with Gasteiger partial charge in [0.2, 0.25) is 0 Å². The average Bonchev–Trinajstić information content (AvgIpc) is 2.33. The van der Waals surface area contributed by atoms with E-state index in [-0.39, 0.29) is 0 Å². The van der Waals surface area contributed by atoms with Crippen LogP contribution in [0.5, 0.6) is 0 Å². The van der Waals surface area contributed by atoms with Crippen molar-refractivity contribution in [1.82, 2.24) is 5.32 Å². The Labute approximate surface area is 56.8 Å². The van der Waals surface area contributed by atoms with E-state index in [0.717, 1.165) is 12.0 Å². The van der Waals surface area contributed by atoms with Gasteiger partial charge in [-0.2, -0.15) is 0 Å². The SMILES string of the molecule is [CH]1C[C@@H]2CCCC[C@@H]2N1. The molecule has 2 rings (SSSR count). The number of fused-ring (bicyclic) bond motifs is 1. The second-order valence-corrected chi connectivity index (χ2v) is 3.26. The smallest absolute Gasteiger partial charge is 0.0227 e. The number of hydrogen-bond acceptors (Lipinski definition) is 1. The van der Waals surface area contributed by atoms with E-state index in [2.05, 4.69) is 11.9 Å². The van der Waals surface area contributed by atoms with E-state index in [1.807, 2.05) is 0 Å². The summed E-state index contributed by atoms with van der Waals surface area (Å²) >= 11 is 0. The molecular formula is C8H14N. The molecule has 1 nitrogen and oxygen atoms in total. The van der Waals surface area contributed by atoms with Crippen molar-refractivity contribution in [3.8, 4) is 0 Å². The maximum Gasteiger partial charge on any atom is 0.0227 e. The Hall–Kier alpha value is -0.0400. The van der Waals surface area contributed by atoms with Crippen molar-refractivity contribution in [1.29, 1.82) is 0 Å². The minimum Gasteiger partial charge on any atom is -0.309 e. The lowest BCUT2D eigenvalue weighted by atomic mass is 9.86. The van der Waals surface area contributed by atoms with Gasteiger partial charge in [-0.1, -0.05) is 12.8 Å². The topological polar surface area (TPSA) is 12.0 Å². The van der Waals surface area contributed by atoms with Crippen molar-refractivity contribution in [3.05, 3.63) is 6.54 Å². The van der Waals surface area contributed by atoms with Gasteiger partial charge in [0, 0.05) is 12.6 Å². The molecule has 0 aromatic carbocycles. The molecule has 0 spiro atoms. The van der Waals surface area contributed by atoms with Crippen molar-refractivity contribution in [2.24, 2.45) is 5.92 Å². The summed E-state index contributed by atoms with van der Waals surface area (Å²) in [6.07, 6.45) is 7.12. The minimum absolute atomic E-state index is 0.860. The van der Waals surface area contributed by atoms with Gasteiger partial charge in [0.1, 0.15) is 0 Å². The molecule has 1 heteroatoms. The summed E-state index contributed by atoms with van der Waals surface area (Å²) in [7, 11) is 0. The van der Waals surface area contributed by atoms with E-state index in [9.17, 15) is 0 Å². The normalized spacial score (nSPS) is 42.7. The van der Waals surface area contributed by atoms with E-state index in [1.54, 1.807) is 0 Å². The largest absolute Gasteiger partial charge is 0.309 e. The van der Waals surface area contributed by atoms with Crippen LogP contribution in [-0.2, 0) is 0 Å². The molecule has 2 aliphatic rings. The molecule has 0 aromatic rings. The third-order valence-corrected chi connectivity index (χ3v) is 2.66. The van der Waals surface area contributed by atoms with Gasteiger partial charge in [-0.25, -0.2) is 0 Å². The van der Waals surface area contributed by atoms with Gasteiger partial charge in [-0.15, -0.1) is 0 Å². The average molecular weight is 124 g/mol. The standard InChI is InChI=1S/C8H14N/c1-2-4-8-7(3-1)5-6-9-8/h6-9H,1-5H2/t7-,8-/m0/s1. The molecule has 1 radical (unpaired) electrons. The minimum atomic E-state index is 0.860. The molecule has 0 amide bonds. The van der Waals surface area contributed by atoms with Crippen LogP contribution in [0, 0.1) is 12.5 Å². The van der Waals surface area contributed by atoms with Crippen molar-refractivity contribution in [2.45, 2.75) is 38.1 Å². The summed E-state index contributed by atoms with van der Waals surface area (Å²) in [6, 6.07) is 0.860. The fourth-order valence-electron chi connectivity index (χ4n) is 2.08. The predicted octanol–water partition coefficient (Wildman–Crippen LogP) is 1.70. The van der Waals surface area contributed by atoms with Crippen molar-refractivity contribution in [2.75, 3.05) is 0 Å². The molecule has 1 saturated heterocycles. The summed E-state index contributed by atoms with van der Waals surface area (Å²) in [6.45, 7) is 2.25. The molecule has 1 saturated carbocycles. The van der Waals surface area contributed by atoms with E-state index in [0.29, 0.717) is 0 Å². The maximum absolute atomic E-state index is 3.43. The molecule has 0 unspecified atom stereocenters. The zero-order valence-corrected chi connectivity index (χ0v) is 5.77. The lowest BCUT2D eigenvalue weighted by Gasteiger charge is -2.24. The number of rotatable bonds is 0. The molecule has 2 fully saturated rings. The second-order valence-electron chi connectivity index (χ2n) is 3.26. The third kappa shape index (κ3) is 0.983. The summed E-state index contributed by atoms with van der Waals surface area (Å²) in [5, 5.41) is 3.43.